The summed E-state index contributed by atoms with van der Waals surface area (Å²) in [6.07, 6.45) is 0. The van der Waals surface area contributed by atoms with Gasteiger partial charge in [-0.25, -0.2) is 0 Å². The van der Waals surface area contributed by atoms with Gasteiger partial charge < -0.3 is 5.32 Å². The number of carbonyl (C=O) groups is 1. The second-order valence-electron chi connectivity index (χ2n) is 6.30. The van der Waals surface area contributed by atoms with E-state index in [4.69, 9.17) is 0 Å². The number of thiophene rings is 1. The zero-order valence-electron chi connectivity index (χ0n) is 14.4. The molecule has 0 bridgehead atoms. The fourth-order valence-electron chi connectivity index (χ4n) is 3.29. The molecule has 25 heavy (non-hydrogen) atoms. The average Bonchev–Trinajstić information content (AvgIpc) is 3.16. The van der Waals surface area contributed by atoms with Crippen LogP contribution in [0.25, 0.3) is 21.0 Å². The highest BCUT2D eigenvalue weighted by Gasteiger charge is 2.18. The number of amides is 1. The molecule has 1 atom stereocenters. The summed E-state index contributed by atoms with van der Waals surface area (Å²) in [7, 11) is 1.91. The molecule has 0 aliphatic rings. The van der Waals surface area contributed by atoms with E-state index in [2.05, 4.69) is 34.7 Å². The third kappa shape index (κ3) is 2.70. The van der Waals surface area contributed by atoms with E-state index in [-0.39, 0.29) is 11.9 Å². The Balaban J connectivity index is 1.63. The van der Waals surface area contributed by atoms with E-state index >= 15 is 0 Å². The SMILES string of the molecule is Cc1nn(C)c2sc(C(=O)NC(C)c3cccc4ccccc34)cc12. The quantitative estimate of drug-likeness (QED) is 0.588. The van der Waals surface area contributed by atoms with Crippen LogP contribution >= 0.6 is 11.3 Å². The summed E-state index contributed by atoms with van der Waals surface area (Å²) >= 11 is 1.48. The monoisotopic (exact) mass is 349 g/mol. The maximum Gasteiger partial charge on any atom is 0.261 e. The fourth-order valence-corrected chi connectivity index (χ4v) is 4.32. The van der Waals surface area contributed by atoms with E-state index in [0.29, 0.717) is 0 Å². The lowest BCUT2D eigenvalue weighted by Gasteiger charge is -2.16. The second-order valence-corrected chi connectivity index (χ2v) is 7.33. The Hall–Kier alpha value is -2.66. The number of fused-ring (bicyclic) bond motifs is 2. The van der Waals surface area contributed by atoms with Gasteiger partial charge in [0.15, 0.2) is 0 Å². The van der Waals surface area contributed by atoms with Crippen LogP contribution in [0.3, 0.4) is 0 Å². The number of carbonyl (C=O) groups excluding carboxylic acids is 1. The Labute approximate surface area is 150 Å². The van der Waals surface area contributed by atoms with Crippen molar-refractivity contribution in [3.63, 3.8) is 0 Å². The molecule has 0 radical (unpaired) electrons. The van der Waals surface area contributed by atoms with Gasteiger partial charge in [-0.2, -0.15) is 5.10 Å². The van der Waals surface area contributed by atoms with Gasteiger partial charge in [0, 0.05) is 12.4 Å². The van der Waals surface area contributed by atoms with E-state index in [1.807, 2.05) is 49.8 Å². The van der Waals surface area contributed by atoms with Gasteiger partial charge in [0.25, 0.3) is 5.91 Å². The van der Waals surface area contributed by atoms with E-state index < -0.39 is 0 Å². The first-order valence-electron chi connectivity index (χ1n) is 8.26. The van der Waals surface area contributed by atoms with Crippen molar-refractivity contribution in [2.45, 2.75) is 19.9 Å². The maximum atomic E-state index is 12.7. The van der Waals surface area contributed by atoms with E-state index in [0.717, 1.165) is 26.4 Å². The summed E-state index contributed by atoms with van der Waals surface area (Å²) in [5, 5.41) is 10.9. The summed E-state index contributed by atoms with van der Waals surface area (Å²) in [5.41, 5.74) is 2.08. The summed E-state index contributed by atoms with van der Waals surface area (Å²) in [6, 6.07) is 16.3. The second kappa shape index (κ2) is 6.01. The number of nitrogens with one attached hydrogen (secondary N) is 1. The molecule has 0 spiro atoms. The molecule has 0 saturated heterocycles. The highest BCUT2D eigenvalue weighted by Crippen LogP contribution is 2.29. The van der Waals surface area contributed by atoms with Crippen LogP contribution in [0.2, 0.25) is 0 Å². The largest absolute Gasteiger partial charge is 0.345 e. The van der Waals surface area contributed by atoms with Gasteiger partial charge in [-0.05, 0) is 36.2 Å². The number of hydrogen-bond donors (Lipinski definition) is 1. The van der Waals surface area contributed by atoms with Gasteiger partial charge in [-0.1, -0.05) is 42.5 Å². The van der Waals surface area contributed by atoms with Gasteiger partial charge in [-0.3, -0.25) is 9.48 Å². The molecule has 1 N–H and O–H groups in total. The van der Waals surface area contributed by atoms with Crippen molar-refractivity contribution >= 4 is 38.2 Å². The molecule has 4 aromatic rings. The Morgan fingerprint density at radius 2 is 1.92 bits per heavy atom. The molecule has 0 aliphatic heterocycles. The minimum atomic E-state index is -0.0666. The Bertz CT molecular complexity index is 1050. The molecule has 126 valence electrons. The topological polar surface area (TPSA) is 46.9 Å². The number of hydrogen-bond acceptors (Lipinski definition) is 3. The molecular formula is C20H19N3OS. The Morgan fingerprint density at radius 1 is 1.16 bits per heavy atom. The molecule has 0 saturated carbocycles. The van der Waals surface area contributed by atoms with Crippen molar-refractivity contribution in [2.75, 3.05) is 0 Å². The van der Waals surface area contributed by atoms with Crippen LogP contribution in [-0.2, 0) is 7.05 Å². The number of benzene rings is 2. The van der Waals surface area contributed by atoms with E-state index in [1.165, 1.54) is 22.1 Å². The zero-order chi connectivity index (χ0) is 17.6. The number of rotatable bonds is 3. The predicted octanol–water partition coefficient (Wildman–Crippen LogP) is 4.59. The van der Waals surface area contributed by atoms with E-state index in [9.17, 15) is 4.79 Å². The molecule has 2 heterocycles. The average molecular weight is 349 g/mol. The summed E-state index contributed by atoms with van der Waals surface area (Å²) in [6.45, 7) is 4.00. The van der Waals surface area contributed by atoms with Gasteiger partial charge in [0.2, 0.25) is 0 Å². The number of nitrogens with zero attached hydrogens (tertiary/aromatic N) is 2. The first-order chi connectivity index (χ1) is 12.0. The van der Waals surface area contributed by atoms with Crippen molar-refractivity contribution in [3.05, 3.63) is 64.7 Å². The predicted molar refractivity (Wildman–Crippen MR) is 103 cm³/mol. The lowest BCUT2D eigenvalue weighted by atomic mass is 10.00. The molecule has 5 heteroatoms. The molecule has 1 amide bonds. The first kappa shape index (κ1) is 15.8. The molecular weight excluding hydrogens is 330 g/mol. The van der Waals surface area contributed by atoms with Crippen molar-refractivity contribution in [1.82, 2.24) is 15.1 Å². The first-order valence-corrected chi connectivity index (χ1v) is 9.08. The normalized spacial score (nSPS) is 12.6. The third-order valence-electron chi connectivity index (χ3n) is 4.56. The highest BCUT2D eigenvalue weighted by atomic mass is 32.1. The number of aromatic nitrogens is 2. The molecule has 2 aromatic heterocycles. The van der Waals surface area contributed by atoms with Crippen LogP contribution in [0.1, 0.15) is 33.9 Å². The summed E-state index contributed by atoms with van der Waals surface area (Å²) in [5.74, 6) is -0.0407. The van der Waals surface area contributed by atoms with Crippen LogP contribution in [-0.4, -0.2) is 15.7 Å². The van der Waals surface area contributed by atoms with Gasteiger partial charge in [0.1, 0.15) is 4.83 Å². The Morgan fingerprint density at radius 3 is 2.72 bits per heavy atom. The number of aryl methyl sites for hydroxylation is 2. The minimum absolute atomic E-state index is 0.0407. The maximum absolute atomic E-state index is 12.7. The lowest BCUT2D eigenvalue weighted by molar-refractivity contribution is 0.0944. The fraction of sp³-hybridized carbons (Fsp3) is 0.200. The minimum Gasteiger partial charge on any atom is -0.345 e. The molecule has 0 aliphatic carbocycles. The van der Waals surface area contributed by atoms with Crippen molar-refractivity contribution in [1.29, 1.82) is 0 Å². The standard InChI is InChI=1S/C20H19N3OS/c1-12(15-10-6-8-14-7-4-5-9-16(14)15)21-19(24)18-11-17-13(2)22-23(3)20(17)25-18/h4-12H,1-3H3,(H,21,24). The summed E-state index contributed by atoms with van der Waals surface area (Å²) in [4.78, 5) is 14.5. The molecule has 2 aromatic carbocycles. The molecule has 1 unspecified atom stereocenters. The van der Waals surface area contributed by atoms with Gasteiger partial charge in [-0.15, -0.1) is 11.3 Å². The van der Waals surface area contributed by atoms with Crippen LogP contribution < -0.4 is 5.32 Å². The van der Waals surface area contributed by atoms with Crippen molar-refractivity contribution in [3.8, 4) is 0 Å². The smallest absolute Gasteiger partial charge is 0.261 e. The lowest BCUT2D eigenvalue weighted by Crippen LogP contribution is -2.26. The van der Waals surface area contributed by atoms with Crippen molar-refractivity contribution in [2.24, 2.45) is 7.05 Å². The summed E-state index contributed by atoms with van der Waals surface area (Å²) < 4.78 is 1.83. The molecule has 4 nitrogen and oxygen atoms in total. The van der Waals surface area contributed by atoms with Gasteiger partial charge >= 0.3 is 0 Å². The molecule has 4 rings (SSSR count). The van der Waals surface area contributed by atoms with Crippen LogP contribution in [0, 0.1) is 6.92 Å². The van der Waals surface area contributed by atoms with Crippen LogP contribution in [0.15, 0.2) is 48.5 Å². The third-order valence-corrected chi connectivity index (χ3v) is 5.76. The Kier molecular flexibility index (Phi) is 3.81. The van der Waals surface area contributed by atoms with Crippen LogP contribution in [0.5, 0.6) is 0 Å². The zero-order valence-corrected chi connectivity index (χ0v) is 15.2. The highest BCUT2D eigenvalue weighted by molar-refractivity contribution is 7.20. The van der Waals surface area contributed by atoms with E-state index in [1.54, 1.807) is 0 Å². The van der Waals surface area contributed by atoms with Crippen LogP contribution in [0.4, 0.5) is 0 Å². The molecule has 0 fully saturated rings. The van der Waals surface area contributed by atoms with Gasteiger partial charge in [0.05, 0.1) is 16.6 Å². The van der Waals surface area contributed by atoms with Crippen molar-refractivity contribution < 1.29 is 4.79 Å².